The second-order valence-corrected chi connectivity index (χ2v) is 8.15. The summed E-state index contributed by atoms with van der Waals surface area (Å²) in [4.78, 5) is 12.8. The molecule has 1 N–H and O–H groups in total. The highest BCUT2D eigenvalue weighted by Gasteiger charge is 2.47. The number of ether oxygens (including phenoxy) is 3. The summed E-state index contributed by atoms with van der Waals surface area (Å²) in [5.74, 6) is 0.334. The van der Waals surface area contributed by atoms with Crippen molar-refractivity contribution in [1.29, 1.82) is 0 Å². The predicted octanol–water partition coefficient (Wildman–Crippen LogP) is 5.38. The molecule has 1 heterocycles. The van der Waals surface area contributed by atoms with Gasteiger partial charge in [-0.3, -0.25) is 0 Å². The Morgan fingerprint density at radius 2 is 1.68 bits per heavy atom. The molecule has 0 saturated heterocycles. The molecule has 0 aromatic heterocycles. The van der Waals surface area contributed by atoms with Crippen LogP contribution in [0.4, 0.5) is 5.69 Å². The highest BCUT2D eigenvalue weighted by Crippen LogP contribution is 2.44. The molecule has 0 amide bonds. The molecule has 4 rings (SSSR count). The zero-order valence-corrected chi connectivity index (χ0v) is 18.0. The summed E-state index contributed by atoms with van der Waals surface area (Å²) in [5.41, 5.74) is 2.73. The van der Waals surface area contributed by atoms with Crippen molar-refractivity contribution < 1.29 is 19.0 Å². The number of methoxy groups -OCH3 is 1. The van der Waals surface area contributed by atoms with E-state index in [9.17, 15) is 4.79 Å². The molecule has 3 aromatic carbocycles. The van der Waals surface area contributed by atoms with Crippen LogP contribution in [0.3, 0.4) is 0 Å². The molecule has 5 nitrogen and oxygen atoms in total. The minimum atomic E-state index is -0.753. The Kier molecular flexibility index (Phi) is 5.96. The van der Waals surface area contributed by atoms with Crippen LogP contribution in [0.15, 0.2) is 78.9 Å². The largest absolute Gasteiger partial charge is 0.483 e. The van der Waals surface area contributed by atoms with Crippen molar-refractivity contribution in [2.75, 3.05) is 12.4 Å². The fourth-order valence-electron chi connectivity index (χ4n) is 3.85. The van der Waals surface area contributed by atoms with Crippen molar-refractivity contribution in [2.24, 2.45) is 0 Å². The van der Waals surface area contributed by atoms with Crippen molar-refractivity contribution in [3.63, 3.8) is 0 Å². The van der Waals surface area contributed by atoms with E-state index in [1.807, 2.05) is 68.4 Å². The summed E-state index contributed by atoms with van der Waals surface area (Å²) < 4.78 is 18.0. The van der Waals surface area contributed by atoms with Crippen LogP contribution < -0.4 is 10.1 Å². The lowest BCUT2D eigenvalue weighted by Crippen LogP contribution is -2.51. The highest BCUT2D eigenvalue weighted by atomic mass is 16.6. The molecule has 1 aliphatic heterocycles. The third kappa shape index (κ3) is 4.57. The van der Waals surface area contributed by atoms with E-state index >= 15 is 0 Å². The molecule has 0 saturated carbocycles. The van der Waals surface area contributed by atoms with Crippen LogP contribution in [0.5, 0.6) is 5.75 Å². The average molecular weight is 418 g/mol. The third-order valence-corrected chi connectivity index (χ3v) is 5.49. The number of esters is 1. The maximum absolute atomic E-state index is 12.8. The van der Waals surface area contributed by atoms with Gasteiger partial charge >= 0.3 is 5.97 Å². The highest BCUT2D eigenvalue weighted by molar-refractivity contribution is 5.89. The normalized spacial score (nSPS) is 19.1. The molecule has 0 radical (unpaired) electrons. The number of hydrogen-bond acceptors (Lipinski definition) is 5. The van der Waals surface area contributed by atoms with Crippen LogP contribution in [0.1, 0.15) is 41.4 Å². The van der Waals surface area contributed by atoms with Crippen molar-refractivity contribution in [2.45, 2.75) is 38.2 Å². The van der Waals surface area contributed by atoms with Crippen LogP contribution in [-0.4, -0.2) is 24.8 Å². The minimum Gasteiger partial charge on any atom is -0.483 e. The smallest absolute Gasteiger partial charge is 0.338 e. The Labute approximate surface area is 183 Å². The van der Waals surface area contributed by atoms with E-state index < -0.39 is 23.8 Å². The SMILES string of the molecule is COC1c2cc(NCc3ccccc3)ccc2OC(C)(C)C1OC(=O)c1ccccc1. The minimum absolute atomic E-state index is 0.397. The fraction of sp³-hybridized carbons (Fsp3) is 0.269. The van der Waals surface area contributed by atoms with Gasteiger partial charge in [-0.1, -0.05) is 48.5 Å². The Balaban J connectivity index is 1.58. The van der Waals surface area contributed by atoms with Gasteiger partial charge in [0.25, 0.3) is 0 Å². The number of benzene rings is 3. The predicted molar refractivity (Wildman–Crippen MR) is 120 cm³/mol. The van der Waals surface area contributed by atoms with E-state index in [-0.39, 0.29) is 0 Å². The zero-order valence-electron chi connectivity index (χ0n) is 18.0. The Morgan fingerprint density at radius 1 is 1.00 bits per heavy atom. The molecule has 1 aliphatic rings. The van der Waals surface area contributed by atoms with E-state index in [0.717, 1.165) is 17.0 Å². The van der Waals surface area contributed by atoms with Crippen LogP contribution in [0, 0.1) is 0 Å². The number of hydrogen-bond donors (Lipinski definition) is 1. The van der Waals surface area contributed by atoms with Gasteiger partial charge in [-0.15, -0.1) is 0 Å². The molecule has 160 valence electrons. The molecule has 0 bridgehead atoms. The number of nitrogens with one attached hydrogen (secondary N) is 1. The first kappa shape index (κ1) is 20.9. The third-order valence-electron chi connectivity index (χ3n) is 5.49. The van der Waals surface area contributed by atoms with Crippen LogP contribution >= 0.6 is 0 Å². The summed E-state index contributed by atoms with van der Waals surface area (Å²) >= 11 is 0. The zero-order chi connectivity index (χ0) is 21.8. The van der Waals surface area contributed by atoms with E-state index in [4.69, 9.17) is 14.2 Å². The first-order chi connectivity index (χ1) is 15.0. The van der Waals surface area contributed by atoms with Gasteiger partial charge in [0, 0.05) is 24.9 Å². The molecule has 0 spiro atoms. The van der Waals surface area contributed by atoms with Crippen molar-refractivity contribution in [3.8, 4) is 5.75 Å². The first-order valence-corrected chi connectivity index (χ1v) is 10.4. The first-order valence-electron chi connectivity index (χ1n) is 10.4. The van der Waals surface area contributed by atoms with Gasteiger partial charge in [-0.05, 0) is 49.7 Å². The lowest BCUT2D eigenvalue weighted by molar-refractivity contribution is -0.129. The summed E-state index contributed by atoms with van der Waals surface area (Å²) in [6.45, 7) is 4.52. The molecule has 31 heavy (non-hydrogen) atoms. The van der Waals surface area contributed by atoms with Gasteiger partial charge < -0.3 is 19.5 Å². The van der Waals surface area contributed by atoms with Gasteiger partial charge in [0.05, 0.1) is 5.56 Å². The number of fused-ring (bicyclic) bond motifs is 1. The lowest BCUT2D eigenvalue weighted by atomic mass is 9.87. The molecule has 0 aliphatic carbocycles. The number of carbonyl (C=O) groups is 1. The molecule has 0 fully saturated rings. The van der Waals surface area contributed by atoms with E-state index in [1.165, 1.54) is 5.56 Å². The second kappa shape index (κ2) is 8.82. The van der Waals surface area contributed by atoms with Gasteiger partial charge in [-0.2, -0.15) is 0 Å². The van der Waals surface area contributed by atoms with Crippen LogP contribution in [0.25, 0.3) is 0 Å². The molecule has 5 heteroatoms. The Morgan fingerprint density at radius 3 is 2.35 bits per heavy atom. The Hall–Kier alpha value is -3.31. The maximum Gasteiger partial charge on any atom is 0.338 e. The van der Waals surface area contributed by atoms with Crippen molar-refractivity contribution >= 4 is 11.7 Å². The van der Waals surface area contributed by atoms with Crippen LogP contribution in [-0.2, 0) is 16.0 Å². The molecule has 3 aromatic rings. The van der Waals surface area contributed by atoms with Crippen LogP contribution in [0.2, 0.25) is 0 Å². The topological polar surface area (TPSA) is 56.8 Å². The van der Waals surface area contributed by atoms with E-state index in [2.05, 4.69) is 17.4 Å². The fourth-order valence-corrected chi connectivity index (χ4v) is 3.85. The summed E-state index contributed by atoms with van der Waals surface area (Å²) in [6.07, 6.45) is -1.06. The van der Waals surface area contributed by atoms with Gasteiger partial charge in [-0.25, -0.2) is 4.79 Å². The molecular formula is C26H27NO4. The molecular weight excluding hydrogens is 390 g/mol. The lowest BCUT2D eigenvalue weighted by Gasteiger charge is -2.43. The number of carbonyl (C=O) groups excluding carboxylic acids is 1. The molecule has 2 atom stereocenters. The molecule has 2 unspecified atom stereocenters. The standard InChI is InChI=1S/C26H27NO4/c1-26(2)24(30-25(28)19-12-8-5-9-13-19)23(29-3)21-16-20(14-15-22(21)31-26)27-17-18-10-6-4-7-11-18/h4-16,23-24,27H,17H2,1-3H3. The average Bonchev–Trinajstić information content (AvgIpc) is 2.79. The van der Waals surface area contributed by atoms with Crippen molar-refractivity contribution in [1.82, 2.24) is 0 Å². The summed E-state index contributed by atoms with van der Waals surface area (Å²) in [5, 5.41) is 3.44. The van der Waals surface area contributed by atoms with Gasteiger partial charge in [0.2, 0.25) is 0 Å². The summed E-state index contributed by atoms with van der Waals surface area (Å²) in [6, 6.07) is 25.1. The van der Waals surface area contributed by atoms with E-state index in [0.29, 0.717) is 12.1 Å². The van der Waals surface area contributed by atoms with Gasteiger partial charge in [0.1, 0.15) is 17.5 Å². The monoisotopic (exact) mass is 417 g/mol. The number of rotatable bonds is 6. The number of anilines is 1. The van der Waals surface area contributed by atoms with Crippen molar-refractivity contribution in [3.05, 3.63) is 95.6 Å². The second-order valence-electron chi connectivity index (χ2n) is 8.15. The van der Waals surface area contributed by atoms with Gasteiger partial charge in [0.15, 0.2) is 6.10 Å². The quantitative estimate of drug-likeness (QED) is 0.546. The van der Waals surface area contributed by atoms with E-state index in [1.54, 1.807) is 19.2 Å². The summed E-state index contributed by atoms with van der Waals surface area (Å²) in [7, 11) is 1.63. The maximum atomic E-state index is 12.8. The Bertz CT molecular complexity index is 1030.